The van der Waals surface area contributed by atoms with Gasteiger partial charge in [-0.25, -0.2) is 0 Å². The molecule has 0 aliphatic rings. The van der Waals surface area contributed by atoms with Crippen LogP contribution >= 0.6 is 15.9 Å². The summed E-state index contributed by atoms with van der Waals surface area (Å²) in [5.74, 6) is -0.780. The fourth-order valence-corrected chi connectivity index (χ4v) is 2.24. The quantitative estimate of drug-likeness (QED) is 0.642. The Bertz CT molecular complexity index is 647. The third-order valence-corrected chi connectivity index (χ3v) is 3.75. The number of nitro benzene ring substituents is 1. The Morgan fingerprint density at radius 3 is 2.57 bits per heavy atom. The van der Waals surface area contributed by atoms with E-state index in [9.17, 15) is 14.5 Å². The van der Waals surface area contributed by atoms with Crippen molar-refractivity contribution >= 4 is 21.6 Å². The molecule has 4 nitrogen and oxygen atoms in total. The first-order valence-electron chi connectivity index (χ1n) is 6.39. The van der Waals surface area contributed by atoms with E-state index < -0.39 is 16.4 Å². The lowest BCUT2D eigenvalue weighted by Crippen LogP contribution is -2.19. The minimum absolute atomic E-state index is 0.0109. The zero-order chi connectivity index (χ0) is 15.4. The van der Waals surface area contributed by atoms with Crippen LogP contribution < -0.4 is 5.32 Å². The second-order valence-electron chi connectivity index (χ2n) is 4.66. The maximum absolute atomic E-state index is 13.9. The number of nitro groups is 1. The van der Waals surface area contributed by atoms with E-state index in [2.05, 4.69) is 21.2 Å². The minimum atomic E-state index is -0.780. The lowest BCUT2D eigenvalue weighted by Gasteiger charge is -2.14. The van der Waals surface area contributed by atoms with E-state index in [0.717, 1.165) is 16.1 Å². The average molecular weight is 353 g/mol. The van der Waals surface area contributed by atoms with Crippen molar-refractivity contribution in [3.63, 3.8) is 0 Å². The zero-order valence-electron chi connectivity index (χ0n) is 11.3. The second kappa shape index (κ2) is 6.78. The number of hydrogen-bond donors (Lipinski definition) is 1. The van der Waals surface area contributed by atoms with E-state index in [1.807, 2.05) is 31.2 Å². The Hall–Kier alpha value is -1.79. The van der Waals surface area contributed by atoms with Gasteiger partial charge >= 0.3 is 5.69 Å². The molecule has 0 bridgehead atoms. The van der Waals surface area contributed by atoms with E-state index in [4.69, 9.17) is 0 Å². The molecule has 0 heterocycles. The monoisotopic (exact) mass is 352 g/mol. The van der Waals surface area contributed by atoms with Crippen LogP contribution in [0.2, 0.25) is 0 Å². The van der Waals surface area contributed by atoms with Gasteiger partial charge in [-0.2, -0.15) is 4.39 Å². The number of benzene rings is 2. The Balaban J connectivity index is 2.08. The highest BCUT2D eigenvalue weighted by molar-refractivity contribution is 9.10. The molecule has 2 aromatic rings. The van der Waals surface area contributed by atoms with Gasteiger partial charge in [0.05, 0.1) is 4.92 Å². The molecule has 0 saturated carbocycles. The summed E-state index contributed by atoms with van der Waals surface area (Å²) in [6, 6.07) is 12.0. The van der Waals surface area contributed by atoms with Gasteiger partial charge in [0.15, 0.2) is 0 Å². The van der Waals surface area contributed by atoms with Crippen molar-refractivity contribution in [1.82, 2.24) is 5.32 Å². The molecular weight excluding hydrogens is 339 g/mol. The SMILES string of the molecule is C[C@@H](NCc1cccc([N+](=O)[O-])c1F)c1ccc(Br)cc1. The molecule has 110 valence electrons. The van der Waals surface area contributed by atoms with E-state index in [0.29, 0.717) is 0 Å². The average Bonchev–Trinajstić information content (AvgIpc) is 2.46. The molecule has 6 heteroatoms. The highest BCUT2D eigenvalue weighted by Crippen LogP contribution is 2.21. The van der Waals surface area contributed by atoms with Gasteiger partial charge in [-0.05, 0) is 24.6 Å². The number of rotatable bonds is 5. The van der Waals surface area contributed by atoms with Crippen LogP contribution in [0, 0.1) is 15.9 Å². The van der Waals surface area contributed by atoms with Crippen molar-refractivity contribution in [2.24, 2.45) is 0 Å². The van der Waals surface area contributed by atoms with Gasteiger partial charge in [-0.1, -0.05) is 40.2 Å². The number of nitrogens with one attached hydrogen (secondary N) is 1. The molecule has 1 atom stereocenters. The predicted molar refractivity (Wildman–Crippen MR) is 82.5 cm³/mol. The van der Waals surface area contributed by atoms with E-state index >= 15 is 0 Å². The molecule has 0 aliphatic heterocycles. The molecule has 0 unspecified atom stereocenters. The number of nitrogens with zero attached hydrogens (tertiary/aromatic N) is 1. The maximum atomic E-state index is 13.9. The van der Waals surface area contributed by atoms with Crippen molar-refractivity contribution in [3.05, 3.63) is 74.0 Å². The summed E-state index contributed by atoms with van der Waals surface area (Å²) in [6.07, 6.45) is 0. The molecule has 21 heavy (non-hydrogen) atoms. The first-order chi connectivity index (χ1) is 9.99. The third kappa shape index (κ3) is 3.86. The standard InChI is InChI=1S/C15H14BrFN2O2/c1-10(11-5-7-13(16)8-6-11)18-9-12-3-2-4-14(15(12)17)19(20)21/h2-8,10,18H,9H2,1H3/t10-/m1/s1. The number of halogens is 2. The van der Waals surface area contributed by atoms with Crippen LogP contribution in [0.25, 0.3) is 0 Å². The largest absolute Gasteiger partial charge is 0.306 e. The molecule has 0 aromatic heterocycles. The van der Waals surface area contributed by atoms with Crippen LogP contribution in [0.4, 0.5) is 10.1 Å². The van der Waals surface area contributed by atoms with Gasteiger partial charge in [-0.15, -0.1) is 0 Å². The normalized spacial score (nSPS) is 12.1. The topological polar surface area (TPSA) is 55.2 Å². The Labute approximate surface area is 130 Å². The molecule has 0 saturated heterocycles. The summed E-state index contributed by atoms with van der Waals surface area (Å²) in [4.78, 5) is 9.99. The summed E-state index contributed by atoms with van der Waals surface area (Å²) in [5.41, 5.74) is 0.850. The molecular formula is C15H14BrFN2O2. The van der Waals surface area contributed by atoms with Crippen molar-refractivity contribution in [3.8, 4) is 0 Å². The molecule has 0 radical (unpaired) electrons. The van der Waals surface area contributed by atoms with Gasteiger partial charge in [0.1, 0.15) is 0 Å². The number of hydrogen-bond acceptors (Lipinski definition) is 3. The van der Waals surface area contributed by atoms with Crippen molar-refractivity contribution < 1.29 is 9.31 Å². The minimum Gasteiger partial charge on any atom is -0.306 e. The fourth-order valence-electron chi connectivity index (χ4n) is 1.98. The van der Waals surface area contributed by atoms with Gasteiger partial charge in [0.2, 0.25) is 5.82 Å². The Morgan fingerprint density at radius 1 is 1.29 bits per heavy atom. The molecule has 2 rings (SSSR count). The Morgan fingerprint density at radius 2 is 1.95 bits per heavy atom. The molecule has 0 spiro atoms. The van der Waals surface area contributed by atoms with Gasteiger partial charge in [-0.3, -0.25) is 10.1 Å². The second-order valence-corrected chi connectivity index (χ2v) is 5.58. The van der Waals surface area contributed by atoms with E-state index in [-0.39, 0.29) is 18.2 Å². The van der Waals surface area contributed by atoms with Gasteiger partial charge in [0.25, 0.3) is 0 Å². The summed E-state index contributed by atoms with van der Waals surface area (Å²) in [6.45, 7) is 2.18. The van der Waals surface area contributed by atoms with Crippen molar-refractivity contribution in [1.29, 1.82) is 0 Å². The summed E-state index contributed by atoms with van der Waals surface area (Å²) in [5, 5.41) is 13.9. The third-order valence-electron chi connectivity index (χ3n) is 3.22. The highest BCUT2D eigenvalue weighted by Gasteiger charge is 2.17. The van der Waals surface area contributed by atoms with Crippen molar-refractivity contribution in [2.45, 2.75) is 19.5 Å². The van der Waals surface area contributed by atoms with Crippen LogP contribution in [0.5, 0.6) is 0 Å². The molecule has 0 aliphatic carbocycles. The lowest BCUT2D eigenvalue weighted by molar-refractivity contribution is -0.387. The summed E-state index contributed by atoms with van der Waals surface area (Å²) >= 11 is 3.37. The van der Waals surface area contributed by atoms with Crippen LogP contribution in [-0.2, 0) is 6.54 Å². The van der Waals surface area contributed by atoms with Crippen LogP contribution in [-0.4, -0.2) is 4.92 Å². The smallest absolute Gasteiger partial charge is 0.305 e. The molecule has 0 amide bonds. The van der Waals surface area contributed by atoms with Crippen LogP contribution in [0.15, 0.2) is 46.9 Å². The van der Waals surface area contributed by atoms with Gasteiger partial charge in [0, 0.05) is 28.7 Å². The molecule has 0 fully saturated rings. The fraction of sp³-hybridized carbons (Fsp3) is 0.200. The van der Waals surface area contributed by atoms with E-state index in [1.165, 1.54) is 6.07 Å². The lowest BCUT2D eigenvalue weighted by atomic mass is 10.1. The first kappa shape index (κ1) is 15.6. The summed E-state index contributed by atoms with van der Waals surface area (Å²) < 4.78 is 14.9. The van der Waals surface area contributed by atoms with Crippen molar-refractivity contribution in [2.75, 3.05) is 0 Å². The van der Waals surface area contributed by atoms with Crippen LogP contribution in [0.1, 0.15) is 24.1 Å². The summed E-state index contributed by atoms with van der Waals surface area (Å²) in [7, 11) is 0. The van der Waals surface area contributed by atoms with Crippen LogP contribution in [0.3, 0.4) is 0 Å². The molecule has 1 N–H and O–H groups in total. The first-order valence-corrected chi connectivity index (χ1v) is 7.19. The Kier molecular flexibility index (Phi) is 5.03. The molecule has 2 aromatic carbocycles. The predicted octanol–water partition coefficient (Wildman–Crippen LogP) is 4.35. The van der Waals surface area contributed by atoms with E-state index in [1.54, 1.807) is 6.07 Å². The zero-order valence-corrected chi connectivity index (χ0v) is 12.9. The maximum Gasteiger partial charge on any atom is 0.305 e. The highest BCUT2D eigenvalue weighted by atomic mass is 79.9. The van der Waals surface area contributed by atoms with Gasteiger partial charge < -0.3 is 5.32 Å².